The number of hydrogen-bond donors (Lipinski definition) is 2. The zero-order valence-corrected chi connectivity index (χ0v) is 10.9. The SMILES string of the molecule is Nc1cc(C(=O)NCC2CCCOC2)ccc1Cl. The Kier molecular flexibility index (Phi) is 4.44. The third-order valence-electron chi connectivity index (χ3n) is 3.06. The smallest absolute Gasteiger partial charge is 0.251 e. The van der Waals surface area contributed by atoms with E-state index in [1.54, 1.807) is 18.2 Å². The fraction of sp³-hybridized carbons (Fsp3) is 0.462. The summed E-state index contributed by atoms with van der Waals surface area (Å²) >= 11 is 5.81. The van der Waals surface area contributed by atoms with Crippen LogP contribution in [-0.2, 0) is 4.74 Å². The Morgan fingerprint density at radius 1 is 1.56 bits per heavy atom. The monoisotopic (exact) mass is 268 g/mol. The Bertz CT molecular complexity index is 431. The largest absolute Gasteiger partial charge is 0.398 e. The van der Waals surface area contributed by atoms with Gasteiger partial charge in [0.05, 0.1) is 17.3 Å². The molecule has 0 radical (unpaired) electrons. The maximum Gasteiger partial charge on any atom is 0.251 e. The second kappa shape index (κ2) is 6.07. The van der Waals surface area contributed by atoms with Crippen molar-refractivity contribution in [3.05, 3.63) is 28.8 Å². The summed E-state index contributed by atoms with van der Waals surface area (Å²) in [5.74, 6) is 0.288. The number of nitrogens with two attached hydrogens (primary N) is 1. The molecule has 1 saturated heterocycles. The Balaban J connectivity index is 1.88. The fourth-order valence-electron chi connectivity index (χ4n) is 1.99. The lowest BCUT2D eigenvalue weighted by Crippen LogP contribution is -2.33. The molecule has 5 heteroatoms. The molecule has 0 aliphatic carbocycles. The van der Waals surface area contributed by atoms with Gasteiger partial charge in [0.15, 0.2) is 0 Å². The summed E-state index contributed by atoms with van der Waals surface area (Å²) in [6.45, 7) is 2.20. The first kappa shape index (κ1) is 13.2. The number of hydrogen-bond acceptors (Lipinski definition) is 3. The highest BCUT2D eigenvalue weighted by atomic mass is 35.5. The number of halogens is 1. The van der Waals surface area contributed by atoms with Crippen molar-refractivity contribution in [3.63, 3.8) is 0 Å². The van der Waals surface area contributed by atoms with Gasteiger partial charge in [-0.15, -0.1) is 0 Å². The van der Waals surface area contributed by atoms with E-state index in [-0.39, 0.29) is 5.91 Å². The molecule has 98 valence electrons. The number of carbonyl (C=O) groups excluding carboxylic acids is 1. The standard InChI is InChI=1S/C13H17ClN2O2/c14-11-4-3-10(6-12(11)15)13(17)16-7-9-2-1-5-18-8-9/h3-4,6,9H,1-2,5,7-8,15H2,(H,16,17). The minimum absolute atomic E-state index is 0.121. The van der Waals surface area contributed by atoms with Crippen molar-refractivity contribution in [2.24, 2.45) is 5.92 Å². The van der Waals surface area contributed by atoms with Gasteiger partial charge in [0.25, 0.3) is 5.91 Å². The van der Waals surface area contributed by atoms with Crippen LogP contribution in [0.25, 0.3) is 0 Å². The van der Waals surface area contributed by atoms with E-state index in [4.69, 9.17) is 22.1 Å². The molecule has 0 bridgehead atoms. The number of benzene rings is 1. The van der Waals surface area contributed by atoms with Gasteiger partial charge < -0.3 is 15.8 Å². The summed E-state index contributed by atoms with van der Waals surface area (Å²) in [6.07, 6.45) is 2.16. The van der Waals surface area contributed by atoms with Crippen molar-refractivity contribution in [2.45, 2.75) is 12.8 Å². The Labute approximate surface area is 111 Å². The lowest BCUT2D eigenvalue weighted by atomic mass is 10.0. The zero-order chi connectivity index (χ0) is 13.0. The van der Waals surface area contributed by atoms with Crippen LogP contribution in [-0.4, -0.2) is 25.7 Å². The molecule has 1 aromatic rings. The van der Waals surface area contributed by atoms with E-state index in [9.17, 15) is 4.79 Å². The first-order chi connectivity index (χ1) is 8.66. The molecule has 1 unspecified atom stereocenters. The molecule has 1 amide bonds. The van der Waals surface area contributed by atoms with Crippen LogP contribution in [0.15, 0.2) is 18.2 Å². The van der Waals surface area contributed by atoms with Gasteiger partial charge >= 0.3 is 0 Å². The number of ether oxygens (including phenoxy) is 1. The van der Waals surface area contributed by atoms with E-state index < -0.39 is 0 Å². The van der Waals surface area contributed by atoms with E-state index in [0.29, 0.717) is 28.7 Å². The van der Waals surface area contributed by atoms with Crippen molar-refractivity contribution >= 4 is 23.2 Å². The second-order valence-electron chi connectivity index (χ2n) is 4.53. The predicted octanol–water partition coefficient (Wildman–Crippen LogP) is 2.08. The highest BCUT2D eigenvalue weighted by molar-refractivity contribution is 6.33. The molecule has 1 heterocycles. The molecule has 1 atom stereocenters. The zero-order valence-electron chi connectivity index (χ0n) is 10.1. The quantitative estimate of drug-likeness (QED) is 0.825. The van der Waals surface area contributed by atoms with Crippen LogP contribution >= 0.6 is 11.6 Å². The minimum Gasteiger partial charge on any atom is -0.398 e. The van der Waals surface area contributed by atoms with Crippen LogP contribution in [0.3, 0.4) is 0 Å². The first-order valence-corrected chi connectivity index (χ1v) is 6.45. The minimum atomic E-state index is -0.121. The highest BCUT2D eigenvalue weighted by Gasteiger charge is 2.15. The molecule has 1 aromatic carbocycles. The molecular formula is C13H17ClN2O2. The summed E-state index contributed by atoms with van der Waals surface area (Å²) in [5, 5.41) is 3.36. The summed E-state index contributed by atoms with van der Waals surface area (Å²) in [5.41, 5.74) is 6.62. The van der Waals surface area contributed by atoms with Gasteiger partial charge in [-0.25, -0.2) is 0 Å². The molecule has 3 N–H and O–H groups in total. The number of amides is 1. The normalized spacial score (nSPS) is 19.5. The molecule has 2 rings (SSSR count). The molecule has 4 nitrogen and oxygen atoms in total. The molecule has 1 aliphatic rings. The maximum atomic E-state index is 11.9. The van der Waals surface area contributed by atoms with E-state index in [1.807, 2.05) is 0 Å². The van der Waals surface area contributed by atoms with E-state index in [0.717, 1.165) is 26.1 Å². The average Bonchev–Trinajstić information content (AvgIpc) is 2.40. The molecule has 0 aromatic heterocycles. The number of nitrogens with one attached hydrogen (secondary N) is 1. The predicted molar refractivity (Wildman–Crippen MR) is 71.7 cm³/mol. The van der Waals surface area contributed by atoms with Crippen LogP contribution in [0.4, 0.5) is 5.69 Å². The van der Waals surface area contributed by atoms with Gasteiger partial charge in [0.2, 0.25) is 0 Å². The maximum absolute atomic E-state index is 11.9. The van der Waals surface area contributed by atoms with Gasteiger partial charge in [-0.3, -0.25) is 4.79 Å². The second-order valence-corrected chi connectivity index (χ2v) is 4.94. The van der Waals surface area contributed by atoms with Crippen LogP contribution in [0.1, 0.15) is 23.2 Å². The Morgan fingerprint density at radius 2 is 2.39 bits per heavy atom. The molecule has 0 spiro atoms. The summed E-state index contributed by atoms with van der Waals surface area (Å²) in [4.78, 5) is 11.9. The third kappa shape index (κ3) is 3.37. The topological polar surface area (TPSA) is 64.4 Å². The van der Waals surface area contributed by atoms with E-state index >= 15 is 0 Å². The lowest BCUT2D eigenvalue weighted by molar-refractivity contribution is 0.0536. The van der Waals surface area contributed by atoms with Crippen molar-refractivity contribution in [1.82, 2.24) is 5.32 Å². The summed E-state index contributed by atoms with van der Waals surface area (Å²) < 4.78 is 5.37. The van der Waals surface area contributed by atoms with Crippen molar-refractivity contribution in [3.8, 4) is 0 Å². The van der Waals surface area contributed by atoms with Gasteiger partial charge in [-0.2, -0.15) is 0 Å². The molecule has 0 saturated carbocycles. The van der Waals surface area contributed by atoms with Crippen molar-refractivity contribution in [2.75, 3.05) is 25.5 Å². The van der Waals surface area contributed by atoms with E-state index in [2.05, 4.69) is 5.32 Å². The van der Waals surface area contributed by atoms with Gasteiger partial charge in [-0.1, -0.05) is 11.6 Å². The molecule has 1 fully saturated rings. The number of rotatable bonds is 3. The Morgan fingerprint density at radius 3 is 3.06 bits per heavy atom. The first-order valence-electron chi connectivity index (χ1n) is 6.08. The van der Waals surface area contributed by atoms with E-state index in [1.165, 1.54) is 0 Å². The molecule has 1 aliphatic heterocycles. The number of nitrogen functional groups attached to an aromatic ring is 1. The summed E-state index contributed by atoms with van der Waals surface area (Å²) in [7, 11) is 0. The van der Waals surface area contributed by atoms with Crippen LogP contribution in [0.2, 0.25) is 5.02 Å². The van der Waals surface area contributed by atoms with Crippen LogP contribution in [0, 0.1) is 5.92 Å². The van der Waals surface area contributed by atoms with Gasteiger partial charge in [0.1, 0.15) is 0 Å². The van der Waals surface area contributed by atoms with Crippen molar-refractivity contribution in [1.29, 1.82) is 0 Å². The number of anilines is 1. The highest BCUT2D eigenvalue weighted by Crippen LogP contribution is 2.19. The van der Waals surface area contributed by atoms with Gasteiger partial charge in [-0.05, 0) is 37.0 Å². The van der Waals surface area contributed by atoms with Gasteiger partial charge in [0, 0.05) is 18.7 Å². The number of carbonyl (C=O) groups is 1. The lowest BCUT2D eigenvalue weighted by Gasteiger charge is -2.22. The average molecular weight is 269 g/mol. The molecular weight excluding hydrogens is 252 g/mol. The summed E-state index contributed by atoms with van der Waals surface area (Å²) in [6, 6.07) is 4.90. The fourth-order valence-corrected chi connectivity index (χ4v) is 2.11. The molecule has 18 heavy (non-hydrogen) atoms. The van der Waals surface area contributed by atoms with Crippen LogP contribution < -0.4 is 11.1 Å². The third-order valence-corrected chi connectivity index (χ3v) is 3.41. The van der Waals surface area contributed by atoms with Crippen molar-refractivity contribution < 1.29 is 9.53 Å². The van der Waals surface area contributed by atoms with Crippen LogP contribution in [0.5, 0.6) is 0 Å². The Hall–Kier alpha value is -1.26.